The van der Waals surface area contributed by atoms with Gasteiger partial charge in [0.2, 0.25) is 0 Å². The predicted molar refractivity (Wildman–Crippen MR) is 51.3 cm³/mol. The Labute approximate surface area is 82.6 Å². The van der Waals surface area contributed by atoms with E-state index in [2.05, 4.69) is 13.8 Å². The maximum absolute atomic E-state index is 10.8. The third-order valence-corrected chi connectivity index (χ3v) is 2.98. The molecule has 1 aliphatic heterocycles. The molecule has 4 nitrogen and oxygen atoms in total. The fraction of sp³-hybridized carbons (Fsp3) is 0.875. The maximum atomic E-state index is 10.8. The molecular formula is C8H15NO3S. The summed E-state index contributed by atoms with van der Waals surface area (Å²) in [7, 11) is 0. The van der Waals surface area contributed by atoms with Crippen molar-refractivity contribution >= 4 is 18.3 Å². The Bertz CT molecular complexity index is 210. The van der Waals surface area contributed by atoms with Gasteiger partial charge in [-0.3, -0.25) is 4.18 Å². The highest BCUT2D eigenvalue weighted by Gasteiger charge is 2.42. The predicted octanol–water partition coefficient (Wildman–Crippen LogP) is 2.36. The van der Waals surface area contributed by atoms with E-state index in [0.29, 0.717) is 12.5 Å². The van der Waals surface area contributed by atoms with Crippen LogP contribution in [0.3, 0.4) is 0 Å². The lowest BCUT2D eigenvalue weighted by molar-refractivity contribution is 0.129. The maximum Gasteiger partial charge on any atom is 0.419 e. The van der Waals surface area contributed by atoms with Gasteiger partial charge in [-0.05, 0) is 19.3 Å². The van der Waals surface area contributed by atoms with Crippen LogP contribution in [0.5, 0.6) is 0 Å². The van der Waals surface area contributed by atoms with Gasteiger partial charge in [0.25, 0.3) is 0 Å². The van der Waals surface area contributed by atoms with E-state index in [1.807, 2.05) is 6.92 Å². The Morgan fingerprint density at radius 2 is 2.38 bits per heavy atom. The van der Waals surface area contributed by atoms with Crippen LogP contribution in [0, 0.1) is 5.92 Å². The zero-order valence-corrected chi connectivity index (χ0v) is 8.93. The molecule has 1 saturated heterocycles. The first-order chi connectivity index (χ1) is 5.96. The smallest absolute Gasteiger partial charge is 0.419 e. The molecule has 1 amide bonds. The lowest BCUT2D eigenvalue weighted by Gasteiger charge is -2.30. The van der Waals surface area contributed by atoms with Crippen molar-refractivity contribution in [2.75, 3.05) is 6.61 Å². The molecule has 76 valence electrons. The summed E-state index contributed by atoms with van der Waals surface area (Å²) in [6.45, 7) is 6.55. The highest BCUT2D eigenvalue weighted by Crippen LogP contribution is 2.37. The van der Waals surface area contributed by atoms with Crippen LogP contribution in [0.25, 0.3) is 0 Å². The summed E-state index contributed by atoms with van der Waals surface area (Å²) in [5.41, 5.74) is -0.370. The van der Waals surface area contributed by atoms with Crippen molar-refractivity contribution in [3.63, 3.8) is 0 Å². The summed E-state index contributed by atoms with van der Waals surface area (Å²) in [6.07, 6.45) is -0.0996. The first-order valence-corrected chi connectivity index (χ1v) is 4.98. The SMILES string of the molecule is CC(C)C[C@@]1(C)COSN1C(=O)O. The molecule has 0 aromatic heterocycles. The van der Waals surface area contributed by atoms with E-state index in [1.54, 1.807) is 0 Å². The summed E-state index contributed by atoms with van der Waals surface area (Å²) < 4.78 is 6.40. The van der Waals surface area contributed by atoms with Crippen LogP contribution >= 0.6 is 12.2 Å². The lowest BCUT2D eigenvalue weighted by atomic mass is 9.92. The molecule has 0 saturated carbocycles. The fourth-order valence-electron chi connectivity index (χ4n) is 1.64. The van der Waals surface area contributed by atoms with Gasteiger partial charge in [0.15, 0.2) is 0 Å². The van der Waals surface area contributed by atoms with Crippen LogP contribution in [0.15, 0.2) is 0 Å². The Morgan fingerprint density at radius 1 is 1.77 bits per heavy atom. The lowest BCUT2D eigenvalue weighted by Crippen LogP contribution is -2.44. The van der Waals surface area contributed by atoms with Gasteiger partial charge in [-0.2, -0.15) is 0 Å². The molecule has 0 aliphatic carbocycles. The van der Waals surface area contributed by atoms with E-state index in [-0.39, 0.29) is 5.54 Å². The highest BCUT2D eigenvalue weighted by atomic mass is 32.2. The minimum absolute atomic E-state index is 0.370. The summed E-state index contributed by atoms with van der Waals surface area (Å²) in [5, 5.41) is 8.89. The third kappa shape index (κ3) is 2.28. The van der Waals surface area contributed by atoms with Crippen LogP contribution in [-0.2, 0) is 4.18 Å². The molecule has 1 N–H and O–H groups in total. The molecule has 1 fully saturated rings. The molecule has 1 atom stereocenters. The molecule has 1 heterocycles. The topological polar surface area (TPSA) is 49.8 Å². The Kier molecular flexibility index (Phi) is 3.08. The summed E-state index contributed by atoms with van der Waals surface area (Å²) in [6, 6.07) is 0. The first-order valence-electron chi connectivity index (χ1n) is 4.28. The van der Waals surface area contributed by atoms with Crippen LogP contribution < -0.4 is 0 Å². The third-order valence-electron chi connectivity index (χ3n) is 2.01. The fourth-order valence-corrected chi connectivity index (χ4v) is 2.42. The van der Waals surface area contributed by atoms with Crippen molar-refractivity contribution in [3.8, 4) is 0 Å². The Morgan fingerprint density at radius 3 is 2.85 bits per heavy atom. The van der Waals surface area contributed by atoms with Crippen LogP contribution in [-0.4, -0.2) is 27.7 Å². The van der Waals surface area contributed by atoms with E-state index >= 15 is 0 Å². The van der Waals surface area contributed by atoms with Crippen molar-refractivity contribution in [1.29, 1.82) is 0 Å². The second-order valence-corrected chi connectivity index (χ2v) is 4.76. The number of nitrogens with zero attached hydrogens (tertiary/aromatic N) is 1. The number of carbonyl (C=O) groups is 1. The van der Waals surface area contributed by atoms with Gasteiger partial charge in [0.05, 0.1) is 12.1 Å². The van der Waals surface area contributed by atoms with Crippen molar-refractivity contribution in [1.82, 2.24) is 4.31 Å². The molecule has 13 heavy (non-hydrogen) atoms. The zero-order valence-electron chi connectivity index (χ0n) is 8.11. The first kappa shape index (κ1) is 10.7. The van der Waals surface area contributed by atoms with Gasteiger partial charge in [-0.25, -0.2) is 9.10 Å². The molecule has 0 aromatic carbocycles. The summed E-state index contributed by atoms with van der Waals surface area (Å²) in [4.78, 5) is 10.8. The van der Waals surface area contributed by atoms with Crippen LogP contribution in [0.2, 0.25) is 0 Å². The molecule has 0 radical (unpaired) electrons. The van der Waals surface area contributed by atoms with Gasteiger partial charge >= 0.3 is 6.09 Å². The average Bonchev–Trinajstić information content (AvgIpc) is 2.28. The largest absolute Gasteiger partial charge is 0.464 e. The van der Waals surface area contributed by atoms with E-state index in [0.717, 1.165) is 18.6 Å². The van der Waals surface area contributed by atoms with Gasteiger partial charge < -0.3 is 5.11 Å². The van der Waals surface area contributed by atoms with Crippen molar-refractivity contribution in [2.24, 2.45) is 5.92 Å². The average molecular weight is 205 g/mol. The molecule has 1 rings (SSSR count). The number of hydrogen-bond acceptors (Lipinski definition) is 3. The van der Waals surface area contributed by atoms with Crippen molar-refractivity contribution in [2.45, 2.75) is 32.7 Å². The summed E-state index contributed by atoms with van der Waals surface area (Å²) in [5.74, 6) is 0.467. The van der Waals surface area contributed by atoms with Crippen LogP contribution in [0.4, 0.5) is 4.79 Å². The molecule has 0 aromatic rings. The minimum atomic E-state index is -0.925. The molecular weight excluding hydrogens is 190 g/mol. The van der Waals surface area contributed by atoms with Gasteiger partial charge in [0, 0.05) is 0 Å². The van der Waals surface area contributed by atoms with E-state index < -0.39 is 6.09 Å². The molecule has 0 bridgehead atoms. The Hall–Kier alpha value is -0.420. The van der Waals surface area contributed by atoms with E-state index in [9.17, 15) is 4.79 Å². The van der Waals surface area contributed by atoms with E-state index in [4.69, 9.17) is 9.29 Å². The van der Waals surface area contributed by atoms with Crippen molar-refractivity contribution < 1.29 is 14.1 Å². The number of carboxylic acid groups (broad SMARTS) is 1. The summed E-state index contributed by atoms with van der Waals surface area (Å²) >= 11 is 0.933. The van der Waals surface area contributed by atoms with Gasteiger partial charge in [-0.1, -0.05) is 13.8 Å². The number of rotatable bonds is 2. The zero-order chi connectivity index (χ0) is 10.1. The molecule has 5 heteroatoms. The number of hydrogen-bond donors (Lipinski definition) is 1. The normalized spacial score (nSPS) is 28.5. The van der Waals surface area contributed by atoms with Crippen molar-refractivity contribution in [3.05, 3.63) is 0 Å². The van der Waals surface area contributed by atoms with E-state index in [1.165, 1.54) is 4.31 Å². The second kappa shape index (κ2) is 3.75. The molecule has 1 aliphatic rings. The second-order valence-electron chi connectivity index (χ2n) is 4.01. The highest BCUT2D eigenvalue weighted by molar-refractivity contribution is 7.93. The quantitative estimate of drug-likeness (QED) is 0.555. The van der Waals surface area contributed by atoms with Gasteiger partial charge in [-0.15, -0.1) is 0 Å². The van der Waals surface area contributed by atoms with Crippen LogP contribution in [0.1, 0.15) is 27.2 Å². The number of amides is 1. The standard InChI is InChI=1S/C8H15NO3S/c1-6(2)4-8(3)5-12-13-9(8)7(10)11/h6H,4-5H2,1-3H3,(H,10,11)/t8-/m0/s1. The molecule has 0 unspecified atom stereocenters. The Balaban J connectivity index is 2.69. The van der Waals surface area contributed by atoms with Gasteiger partial charge in [0.1, 0.15) is 12.2 Å². The monoisotopic (exact) mass is 205 g/mol. The minimum Gasteiger partial charge on any atom is -0.464 e. The molecule has 0 spiro atoms.